The fourth-order valence-corrected chi connectivity index (χ4v) is 4.15. The molecule has 2 aromatic heterocycles. The van der Waals surface area contributed by atoms with Crippen LogP contribution in [0.3, 0.4) is 0 Å². The van der Waals surface area contributed by atoms with Crippen LogP contribution in [0.25, 0.3) is 22.2 Å². The van der Waals surface area contributed by atoms with Gasteiger partial charge in [0.05, 0.1) is 21.1 Å². The summed E-state index contributed by atoms with van der Waals surface area (Å²) >= 11 is 6.17. The maximum Gasteiger partial charge on any atom is 0.176 e. The molecule has 2 heterocycles. The minimum Gasteiger partial charge on any atom is -0.281 e. The second kappa shape index (κ2) is 5.04. The molecule has 0 atom stereocenters. The number of pyridine rings is 1. The Morgan fingerprint density at radius 1 is 1.26 bits per heavy atom. The van der Waals surface area contributed by atoms with Gasteiger partial charge in [0, 0.05) is 35.0 Å². The van der Waals surface area contributed by atoms with Crippen molar-refractivity contribution in [2.24, 2.45) is 0 Å². The monoisotopic (exact) mass is 347 g/mol. The first-order valence-corrected chi connectivity index (χ1v) is 9.55. The molecule has 1 aliphatic carbocycles. The lowest BCUT2D eigenvalue weighted by Crippen LogP contribution is -1.98. The lowest BCUT2D eigenvalue weighted by atomic mass is 10.0. The molecule has 0 unspecified atom stereocenters. The molecule has 0 amide bonds. The Bertz CT molecular complexity index is 1020. The number of sulfone groups is 1. The van der Waals surface area contributed by atoms with E-state index in [9.17, 15) is 8.42 Å². The average molecular weight is 348 g/mol. The van der Waals surface area contributed by atoms with Crippen LogP contribution in [-0.2, 0) is 9.84 Å². The highest BCUT2D eigenvalue weighted by Crippen LogP contribution is 2.44. The van der Waals surface area contributed by atoms with Crippen molar-refractivity contribution in [2.45, 2.75) is 23.7 Å². The molecule has 0 aliphatic heterocycles. The Labute approximate surface area is 138 Å². The molecule has 7 heteroatoms. The maximum absolute atomic E-state index is 11.7. The van der Waals surface area contributed by atoms with Gasteiger partial charge in [0.2, 0.25) is 0 Å². The van der Waals surface area contributed by atoms with E-state index in [0.717, 1.165) is 47.0 Å². The van der Waals surface area contributed by atoms with E-state index in [1.807, 2.05) is 6.07 Å². The third-order valence-corrected chi connectivity index (χ3v) is 5.67. The number of rotatable bonds is 3. The highest BCUT2D eigenvalue weighted by molar-refractivity contribution is 7.90. The van der Waals surface area contributed by atoms with Gasteiger partial charge >= 0.3 is 0 Å². The molecule has 4 rings (SSSR count). The molecule has 0 spiro atoms. The Hall–Kier alpha value is -1.92. The van der Waals surface area contributed by atoms with Crippen LogP contribution in [0.5, 0.6) is 0 Å². The second-order valence-electron chi connectivity index (χ2n) is 5.88. The molecule has 23 heavy (non-hydrogen) atoms. The average Bonchev–Trinajstić information content (AvgIpc) is 3.24. The van der Waals surface area contributed by atoms with Gasteiger partial charge in [-0.15, -0.1) is 0 Å². The van der Waals surface area contributed by atoms with Gasteiger partial charge < -0.3 is 0 Å². The largest absolute Gasteiger partial charge is 0.281 e. The smallest absolute Gasteiger partial charge is 0.176 e. The predicted molar refractivity (Wildman–Crippen MR) is 89.4 cm³/mol. The fourth-order valence-electron chi connectivity index (χ4n) is 2.82. The van der Waals surface area contributed by atoms with Crippen molar-refractivity contribution >= 4 is 32.3 Å². The van der Waals surface area contributed by atoms with Crippen molar-refractivity contribution in [1.29, 1.82) is 0 Å². The van der Waals surface area contributed by atoms with Crippen LogP contribution in [0.4, 0.5) is 0 Å². The summed E-state index contributed by atoms with van der Waals surface area (Å²) in [5, 5.41) is 8.68. The molecule has 1 saturated carbocycles. The van der Waals surface area contributed by atoms with E-state index in [0.29, 0.717) is 5.92 Å². The lowest BCUT2D eigenvalue weighted by Gasteiger charge is -2.07. The molecule has 0 bridgehead atoms. The zero-order chi connectivity index (χ0) is 16.2. The van der Waals surface area contributed by atoms with Crippen LogP contribution in [0.2, 0.25) is 5.02 Å². The number of fused-ring (bicyclic) bond motifs is 1. The van der Waals surface area contributed by atoms with Crippen LogP contribution in [0.15, 0.2) is 35.4 Å². The zero-order valence-electron chi connectivity index (χ0n) is 12.4. The van der Waals surface area contributed by atoms with Crippen LogP contribution < -0.4 is 0 Å². The van der Waals surface area contributed by atoms with Crippen LogP contribution in [0.1, 0.15) is 24.5 Å². The molecule has 118 valence electrons. The number of halogens is 1. The third kappa shape index (κ3) is 2.52. The lowest BCUT2D eigenvalue weighted by molar-refractivity contribution is 0.602. The van der Waals surface area contributed by atoms with Crippen LogP contribution in [-0.4, -0.2) is 29.9 Å². The van der Waals surface area contributed by atoms with Gasteiger partial charge in [0.25, 0.3) is 0 Å². The number of aromatic amines is 1. The minimum absolute atomic E-state index is 0.129. The first-order chi connectivity index (χ1) is 10.9. The molecule has 5 nitrogen and oxygen atoms in total. The Morgan fingerprint density at radius 2 is 2.04 bits per heavy atom. The quantitative estimate of drug-likeness (QED) is 0.786. The highest BCUT2D eigenvalue weighted by Gasteiger charge is 2.29. The van der Waals surface area contributed by atoms with E-state index in [-0.39, 0.29) is 9.92 Å². The number of aromatic nitrogens is 3. The maximum atomic E-state index is 11.7. The summed E-state index contributed by atoms with van der Waals surface area (Å²) in [6.07, 6.45) is 5.15. The number of nitrogens with one attached hydrogen (secondary N) is 1. The minimum atomic E-state index is -3.35. The van der Waals surface area contributed by atoms with E-state index in [2.05, 4.69) is 15.2 Å². The van der Waals surface area contributed by atoms with Crippen molar-refractivity contribution in [3.63, 3.8) is 0 Å². The van der Waals surface area contributed by atoms with Gasteiger partial charge in [0.1, 0.15) is 0 Å². The summed E-state index contributed by atoms with van der Waals surface area (Å²) < 4.78 is 23.4. The molecule has 0 radical (unpaired) electrons. The van der Waals surface area contributed by atoms with E-state index < -0.39 is 9.84 Å². The van der Waals surface area contributed by atoms with Crippen molar-refractivity contribution in [3.05, 3.63) is 41.2 Å². The standard InChI is InChI=1S/C16H14ClN3O2S/c1-23(21,22)13-5-4-10(8-11(13)17)15-14-12(6-7-18-15)19-20-16(14)9-2-3-9/h4-9H,2-3H2,1H3,(H,19,20). The summed E-state index contributed by atoms with van der Waals surface area (Å²) in [5.74, 6) is 0.508. The molecular weight excluding hydrogens is 334 g/mol. The summed E-state index contributed by atoms with van der Waals surface area (Å²) in [7, 11) is -3.35. The van der Waals surface area contributed by atoms with Crippen molar-refractivity contribution in [3.8, 4) is 11.3 Å². The van der Waals surface area contributed by atoms with E-state index in [1.165, 1.54) is 6.07 Å². The molecule has 1 fully saturated rings. The molecule has 1 N–H and O–H groups in total. The van der Waals surface area contributed by atoms with Gasteiger partial charge in [-0.05, 0) is 31.0 Å². The van der Waals surface area contributed by atoms with Crippen molar-refractivity contribution < 1.29 is 8.42 Å². The van der Waals surface area contributed by atoms with Gasteiger partial charge in [-0.3, -0.25) is 10.1 Å². The van der Waals surface area contributed by atoms with Crippen molar-refractivity contribution in [2.75, 3.05) is 6.26 Å². The number of hydrogen-bond donors (Lipinski definition) is 1. The molecule has 1 aromatic carbocycles. The fraction of sp³-hybridized carbons (Fsp3) is 0.250. The topological polar surface area (TPSA) is 75.7 Å². The summed E-state index contributed by atoms with van der Waals surface area (Å²) in [6, 6.07) is 6.80. The molecule has 0 saturated heterocycles. The summed E-state index contributed by atoms with van der Waals surface area (Å²) in [6.45, 7) is 0. The number of H-pyrrole nitrogens is 1. The predicted octanol–water partition coefficient (Wildman–Crippen LogP) is 3.56. The summed E-state index contributed by atoms with van der Waals surface area (Å²) in [4.78, 5) is 4.61. The van der Waals surface area contributed by atoms with Gasteiger partial charge in [-0.1, -0.05) is 17.7 Å². The van der Waals surface area contributed by atoms with E-state index >= 15 is 0 Å². The van der Waals surface area contributed by atoms with Gasteiger partial charge in [-0.2, -0.15) is 5.10 Å². The Balaban J connectivity index is 1.93. The second-order valence-corrected chi connectivity index (χ2v) is 8.27. The number of hydrogen-bond acceptors (Lipinski definition) is 4. The van der Waals surface area contributed by atoms with Crippen LogP contribution in [0, 0.1) is 0 Å². The summed E-state index contributed by atoms with van der Waals surface area (Å²) in [5.41, 5.74) is 3.53. The van der Waals surface area contributed by atoms with Gasteiger partial charge in [0.15, 0.2) is 9.84 Å². The number of benzene rings is 1. The third-order valence-electron chi connectivity index (χ3n) is 4.09. The molecule has 1 aliphatic rings. The van der Waals surface area contributed by atoms with Crippen LogP contribution >= 0.6 is 11.6 Å². The Kier molecular flexibility index (Phi) is 3.21. The normalized spacial score (nSPS) is 15.2. The molecular formula is C16H14ClN3O2S. The molecule has 3 aromatic rings. The highest BCUT2D eigenvalue weighted by atomic mass is 35.5. The zero-order valence-corrected chi connectivity index (χ0v) is 13.9. The van der Waals surface area contributed by atoms with Gasteiger partial charge in [-0.25, -0.2) is 8.42 Å². The first-order valence-electron chi connectivity index (χ1n) is 7.28. The van der Waals surface area contributed by atoms with E-state index in [1.54, 1.807) is 18.3 Å². The SMILES string of the molecule is CS(=O)(=O)c1ccc(-c2nccc3n[nH]c(C4CC4)c23)cc1Cl. The Morgan fingerprint density at radius 3 is 2.70 bits per heavy atom. The first kappa shape index (κ1) is 14.7. The van der Waals surface area contributed by atoms with E-state index in [4.69, 9.17) is 11.6 Å². The van der Waals surface area contributed by atoms with Crippen molar-refractivity contribution in [1.82, 2.24) is 15.2 Å². The number of nitrogens with zero attached hydrogens (tertiary/aromatic N) is 2.